The Hall–Kier alpha value is -2.30. The quantitative estimate of drug-likeness (QED) is 0.469. The van der Waals surface area contributed by atoms with Crippen LogP contribution in [0.4, 0.5) is 0 Å². The summed E-state index contributed by atoms with van der Waals surface area (Å²) in [6, 6.07) is 6.72. The average molecular weight is 394 g/mol. The Morgan fingerprint density at radius 1 is 1.32 bits per heavy atom. The number of aromatic amines is 1. The summed E-state index contributed by atoms with van der Waals surface area (Å²) in [5.74, 6) is -0.160. The number of hydrogen-bond donors (Lipinski definition) is 3. The molecule has 25 heavy (non-hydrogen) atoms. The lowest BCUT2D eigenvalue weighted by Crippen LogP contribution is -2.44. The number of aromatic nitrogens is 3. The van der Waals surface area contributed by atoms with E-state index in [-0.39, 0.29) is 5.91 Å². The standard InChI is InChI=1S/C15H15N5O2S3/c1-8-5-6-11(25-8)14(22)18-17-13(21)9(2)20-12(16-19-15(20)23)10-4-3-7-24-10/h3-7,9H,1-2H3,(H,17,21)(H,18,22)(H,19,23). The fourth-order valence-electron chi connectivity index (χ4n) is 2.20. The predicted molar refractivity (Wildman–Crippen MR) is 100 cm³/mol. The highest BCUT2D eigenvalue weighted by molar-refractivity contribution is 7.71. The molecule has 3 N–H and O–H groups in total. The predicted octanol–water partition coefficient (Wildman–Crippen LogP) is 3.06. The van der Waals surface area contributed by atoms with Crippen molar-refractivity contribution in [3.63, 3.8) is 0 Å². The molecule has 3 rings (SSSR count). The summed E-state index contributed by atoms with van der Waals surface area (Å²) in [5.41, 5.74) is 4.87. The molecule has 0 saturated heterocycles. The fourth-order valence-corrected chi connectivity index (χ4v) is 3.97. The van der Waals surface area contributed by atoms with Crippen molar-refractivity contribution in [3.8, 4) is 10.7 Å². The lowest BCUT2D eigenvalue weighted by atomic mass is 10.3. The van der Waals surface area contributed by atoms with Gasteiger partial charge in [-0.15, -0.1) is 22.7 Å². The number of nitrogens with one attached hydrogen (secondary N) is 3. The Balaban J connectivity index is 1.72. The minimum atomic E-state index is -0.645. The Labute approximate surface area is 156 Å². The Morgan fingerprint density at radius 3 is 2.76 bits per heavy atom. The first-order valence-electron chi connectivity index (χ1n) is 7.35. The zero-order valence-electron chi connectivity index (χ0n) is 13.4. The van der Waals surface area contributed by atoms with Crippen molar-refractivity contribution >= 4 is 46.7 Å². The molecule has 0 saturated carbocycles. The van der Waals surface area contributed by atoms with E-state index in [1.54, 1.807) is 17.6 Å². The van der Waals surface area contributed by atoms with Crippen LogP contribution in [0.15, 0.2) is 29.6 Å². The van der Waals surface area contributed by atoms with Gasteiger partial charge in [0, 0.05) is 4.88 Å². The van der Waals surface area contributed by atoms with Gasteiger partial charge in [0.05, 0.1) is 9.75 Å². The lowest BCUT2D eigenvalue weighted by molar-refractivity contribution is -0.124. The van der Waals surface area contributed by atoms with Crippen LogP contribution >= 0.6 is 34.9 Å². The van der Waals surface area contributed by atoms with Crippen LogP contribution in [0.3, 0.4) is 0 Å². The van der Waals surface area contributed by atoms with E-state index in [2.05, 4.69) is 21.0 Å². The van der Waals surface area contributed by atoms with Crippen molar-refractivity contribution in [1.29, 1.82) is 0 Å². The van der Waals surface area contributed by atoms with Gasteiger partial charge in [0.2, 0.25) is 0 Å². The molecule has 2 amide bonds. The molecule has 7 nitrogen and oxygen atoms in total. The maximum atomic E-state index is 12.4. The summed E-state index contributed by atoms with van der Waals surface area (Å²) in [4.78, 5) is 26.9. The second-order valence-corrected chi connectivity index (χ2v) is 7.85. The van der Waals surface area contributed by atoms with E-state index in [0.717, 1.165) is 9.75 Å². The summed E-state index contributed by atoms with van der Waals surface area (Å²) in [6.45, 7) is 3.61. The SMILES string of the molecule is Cc1ccc(C(=O)NNC(=O)C(C)n2c(-c3cccs3)n[nH]c2=S)s1. The van der Waals surface area contributed by atoms with Crippen LogP contribution in [0.25, 0.3) is 10.7 Å². The zero-order chi connectivity index (χ0) is 18.0. The third-order valence-corrected chi connectivity index (χ3v) is 5.63. The molecule has 130 valence electrons. The van der Waals surface area contributed by atoms with Crippen LogP contribution in [-0.4, -0.2) is 26.6 Å². The number of H-pyrrole nitrogens is 1. The normalized spacial score (nSPS) is 11.9. The number of carbonyl (C=O) groups excluding carboxylic acids is 2. The van der Waals surface area contributed by atoms with Crippen molar-refractivity contribution in [2.24, 2.45) is 0 Å². The molecule has 1 atom stereocenters. The third kappa shape index (κ3) is 3.70. The second kappa shape index (κ2) is 7.30. The summed E-state index contributed by atoms with van der Waals surface area (Å²) in [7, 11) is 0. The number of aryl methyl sites for hydroxylation is 1. The molecule has 0 bridgehead atoms. The highest BCUT2D eigenvalue weighted by atomic mass is 32.1. The molecule has 3 aromatic heterocycles. The summed E-state index contributed by atoms with van der Waals surface area (Å²) >= 11 is 8.10. The van der Waals surface area contributed by atoms with Gasteiger partial charge >= 0.3 is 0 Å². The van der Waals surface area contributed by atoms with Crippen molar-refractivity contribution in [2.45, 2.75) is 19.9 Å². The summed E-state index contributed by atoms with van der Waals surface area (Å²) in [6.07, 6.45) is 0. The first kappa shape index (κ1) is 17.5. The Kier molecular flexibility index (Phi) is 5.11. The molecule has 0 aromatic carbocycles. The van der Waals surface area contributed by atoms with E-state index < -0.39 is 11.9 Å². The lowest BCUT2D eigenvalue weighted by Gasteiger charge is -2.15. The van der Waals surface area contributed by atoms with Crippen molar-refractivity contribution in [1.82, 2.24) is 25.6 Å². The van der Waals surface area contributed by atoms with Gasteiger partial charge in [-0.2, -0.15) is 5.10 Å². The smallest absolute Gasteiger partial charge is 0.279 e. The van der Waals surface area contributed by atoms with Crippen LogP contribution in [0.1, 0.15) is 27.5 Å². The zero-order valence-corrected chi connectivity index (χ0v) is 15.8. The van der Waals surface area contributed by atoms with E-state index in [9.17, 15) is 9.59 Å². The van der Waals surface area contributed by atoms with Crippen LogP contribution in [0.5, 0.6) is 0 Å². The van der Waals surface area contributed by atoms with E-state index in [1.165, 1.54) is 22.7 Å². The second-order valence-electron chi connectivity index (χ2n) is 5.23. The molecule has 0 aliphatic heterocycles. The number of hydrogen-bond acceptors (Lipinski definition) is 6. The van der Waals surface area contributed by atoms with Gasteiger partial charge in [0.15, 0.2) is 10.6 Å². The van der Waals surface area contributed by atoms with Gasteiger partial charge in [-0.3, -0.25) is 30.1 Å². The molecule has 0 spiro atoms. The Morgan fingerprint density at radius 2 is 2.12 bits per heavy atom. The van der Waals surface area contributed by atoms with Crippen LogP contribution in [0, 0.1) is 11.7 Å². The largest absolute Gasteiger partial charge is 0.287 e. The number of hydrazine groups is 1. The van der Waals surface area contributed by atoms with Crippen LogP contribution in [0.2, 0.25) is 0 Å². The monoisotopic (exact) mass is 393 g/mol. The molecule has 0 fully saturated rings. The highest BCUT2D eigenvalue weighted by Crippen LogP contribution is 2.25. The van der Waals surface area contributed by atoms with E-state index in [0.29, 0.717) is 15.5 Å². The highest BCUT2D eigenvalue weighted by Gasteiger charge is 2.22. The minimum Gasteiger partial charge on any atom is -0.287 e. The summed E-state index contributed by atoms with van der Waals surface area (Å²) < 4.78 is 1.96. The van der Waals surface area contributed by atoms with E-state index in [1.807, 2.05) is 30.5 Å². The first-order valence-corrected chi connectivity index (χ1v) is 9.45. The summed E-state index contributed by atoms with van der Waals surface area (Å²) in [5, 5.41) is 8.83. The van der Waals surface area contributed by atoms with Gasteiger partial charge in [-0.1, -0.05) is 6.07 Å². The molecule has 0 aliphatic carbocycles. The molecule has 3 heterocycles. The molecule has 0 radical (unpaired) electrons. The number of amides is 2. The van der Waals surface area contributed by atoms with Crippen LogP contribution < -0.4 is 10.9 Å². The number of carbonyl (C=O) groups is 2. The van der Waals surface area contributed by atoms with Crippen LogP contribution in [-0.2, 0) is 4.79 Å². The van der Waals surface area contributed by atoms with Gasteiger partial charge in [0.1, 0.15) is 6.04 Å². The topological polar surface area (TPSA) is 91.8 Å². The van der Waals surface area contributed by atoms with Crippen molar-refractivity contribution in [2.75, 3.05) is 0 Å². The maximum absolute atomic E-state index is 12.4. The van der Waals surface area contributed by atoms with Gasteiger partial charge in [0.25, 0.3) is 11.8 Å². The van der Waals surface area contributed by atoms with E-state index >= 15 is 0 Å². The molecular formula is C15H15N5O2S3. The first-order chi connectivity index (χ1) is 12.0. The molecular weight excluding hydrogens is 378 g/mol. The molecule has 3 aromatic rings. The number of rotatable bonds is 4. The maximum Gasteiger partial charge on any atom is 0.279 e. The third-order valence-electron chi connectivity index (χ3n) is 3.48. The van der Waals surface area contributed by atoms with E-state index in [4.69, 9.17) is 12.2 Å². The molecule has 0 aliphatic rings. The average Bonchev–Trinajstić information content (AvgIpc) is 3.32. The van der Waals surface area contributed by atoms with Gasteiger partial charge < -0.3 is 0 Å². The van der Waals surface area contributed by atoms with Gasteiger partial charge in [-0.05, 0) is 49.6 Å². The van der Waals surface area contributed by atoms with Crippen molar-refractivity contribution in [3.05, 3.63) is 44.2 Å². The Bertz CT molecular complexity index is 954. The molecule has 1 unspecified atom stereocenters. The van der Waals surface area contributed by atoms with Gasteiger partial charge in [-0.25, -0.2) is 0 Å². The number of nitrogens with zero attached hydrogens (tertiary/aromatic N) is 2. The fraction of sp³-hybridized carbons (Fsp3) is 0.200. The minimum absolute atomic E-state index is 0.339. The van der Waals surface area contributed by atoms with Crippen molar-refractivity contribution < 1.29 is 9.59 Å². The number of thiophene rings is 2. The molecule has 10 heteroatoms.